The summed E-state index contributed by atoms with van der Waals surface area (Å²) in [5.74, 6) is -3.48. The van der Waals surface area contributed by atoms with E-state index in [4.69, 9.17) is 4.74 Å². The summed E-state index contributed by atoms with van der Waals surface area (Å²) in [6, 6.07) is 25.7. The Hall–Kier alpha value is -6.61. The van der Waals surface area contributed by atoms with Crippen LogP contribution in [-0.4, -0.2) is 66.7 Å². The number of benzene rings is 4. The first-order chi connectivity index (χ1) is 25.9. The van der Waals surface area contributed by atoms with Gasteiger partial charge in [-0.1, -0.05) is 71.9 Å². The summed E-state index contributed by atoms with van der Waals surface area (Å²) in [7, 11) is 1.56. The SMILES string of the molecule is COc1ccc(Cn2cc(Br)c(C)c(NC(=O)[C@H](Cc3ccc(-n4nnc(C(=O)O)c4C(=O)O)cc3)NC(=O)Cc3ccc4ccccc4c3)c2=O)cc1. The number of aromatic carboxylic acids is 2. The van der Waals surface area contributed by atoms with E-state index in [0.717, 1.165) is 26.6 Å². The van der Waals surface area contributed by atoms with Gasteiger partial charge in [-0.25, -0.2) is 14.3 Å². The van der Waals surface area contributed by atoms with Crippen molar-refractivity contribution in [2.24, 2.45) is 0 Å². The average molecular weight is 794 g/mol. The Kier molecular flexibility index (Phi) is 11.0. The number of hydrogen-bond donors (Lipinski definition) is 4. The van der Waals surface area contributed by atoms with Crippen molar-refractivity contribution in [2.75, 3.05) is 12.4 Å². The Labute approximate surface area is 316 Å². The summed E-state index contributed by atoms with van der Waals surface area (Å²) in [5, 5.41) is 33.8. The van der Waals surface area contributed by atoms with Gasteiger partial charge in [0.05, 0.1) is 25.8 Å². The number of aromatic nitrogens is 4. The maximum atomic E-state index is 14.1. The molecule has 14 nitrogen and oxygen atoms in total. The Balaban J connectivity index is 1.28. The third-order valence-electron chi connectivity index (χ3n) is 8.76. The summed E-state index contributed by atoms with van der Waals surface area (Å²) < 4.78 is 8.16. The lowest BCUT2D eigenvalue weighted by Gasteiger charge is -2.20. The predicted octanol–water partition coefficient (Wildman–Crippen LogP) is 5.02. The minimum atomic E-state index is -1.54. The van der Waals surface area contributed by atoms with Gasteiger partial charge in [0.1, 0.15) is 17.5 Å². The summed E-state index contributed by atoms with van der Waals surface area (Å²) in [5.41, 5.74) is 1.06. The second-order valence-electron chi connectivity index (χ2n) is 12.4. The number of halogens is 1. The van der Waals surface area contributed by atoms with Gasteiger partial charge in [0.2, 0.25) is 17.5 Å². The van der Waals surface area contributed by atoms with Crippen LogP contribution >= 0.6 is 15.9 Å². The molecule has 6 rings (SSSR count). The van der Waals surface area contributed by atoms with E-state index >= 15 is 0 Å². The number of hydrogen-bond acceptors (Lipinski definition) is 8. The van der Waals surface area contributed by atoms with Crippen LogP contribution in [0, 0.1) is 6.92 Å². The molecule has 0 saturated heterocycles. The molecule has 1 atom stereocenters. The zero-order chi connectivity index (χ0) is 38.5. The molecule has 0 spiro atoms. The van der Waals surface area contributed by atoms with Gasteiger partial charge in [-0.05, 0) is 80.1 Å². The van der Waals surface area contributed by atoms with E-state index < -0.39 is 46.7 Å². The molecule has 0 bridgehead atoms. The smallest absolute Gasteiger partial charge is 0.359 e. The second kappa shape index (κ2) is 16.0. The highest BCUT2D eigenvalue weighted by molar-refractivity contribution is 9.10. The first kappa shape index (κ1) is 37.2. The highest BCUT2D eigenvalue weighted by Gasteiger charge is 2.27. The van der Waals surface area contributed by atoms with Crippen LogP contribution in [0.1, 0.15) is 43.2 Å². The number of rotatable bonds is 13. The van der Waals surface area contributed by atoms with Gasteiger partial charge in [0, 0.05) is 17.1 Å². The van der Waals surface area contributed by atoms with Gasteiger partial charge in [-0.15, -0.1) is 5.10 Å². The van der Waals surface area contributed by atoms with Crippen LogP contribution < -0.4 is 20.9 Å². The molecule has 0 aliphatic rings. The van der Waals surface area contributed by atoms with Crippen LogP contribution in [0.2, 0.25) is 0 Å². The van der Waals surface area contributed by atoms with Crippen molar-refractivity contribution >= 4 is 56.1 Å². The van der Waals surface area contributed by atoms with E-state index in [2.05, 4.69) is 36.9 Å². The van der Waals surface area contributed by atoms with Crippen molar-refractivity contribution in [3.8, 4) is 11.4 Å². The zero-order valence-corrected chi connectivity index (χ0v) is 30.5. The lowest BCUT2D eigenvalue weighted by molar-refractivity contribution is -0.126. The number of carboxylic acid groups (broad SMARTS) is 2. The molecule has 4 N–H and O–H groups in total. The van der Waals surface area contributed by atoms with E-state index in [9.17, 15) is 34.2 Å². The highest BCUT2D eigenvalue weighted by Crippen LogP contribution is 2.23. The van der Waals surface area contributed by atoms with Crippen LogP contribution in [-0.2, 0) is 29.0 Å². The number of fused-ring (bicyclic) bond motifs is 1. The van der Waals surface area contributed by atoms with Crippen molar-refractivity contribution < 1.29 is 34.1 Å². The second-order valence-corrected chi connectivity index (χ2v) is 13.3. The molecule has 6 aromatic rings. The van der Waals surface area contributed by atoms with Crippen LogP contribution in [0.25, 0.3) is 16.5 Å². The molecule has 274 valence electrons. The Bertz CT molecular complexity index is 2460. The quantitative estimate of drug-likeness (QED) is 0.123. The summed E-state index contributed by atoms with van der Waals surface area (Å²) in [4.78, 5) is 64.7. The van der Waals surface area contributed by atoms with Crippen molar-refractivity contribution in [1.29, 1.82) is 0 Å². The number of ether oxygens (including phenoxy) is 1. The molecule has 2 aromatic heterocycles. The number of pyridine rings is 1. The fraction of sp³-hybridized carbons (Fsp3) is 0.154. The average Bonchev–Trinajstić information content (AvgIpc) is 3.62. The molecular weight excluding hydrogens is 760 g/mol. The molecule has 2 heterocycles. The minimum Gasteiger partial charge on any atom is -0.497 e. The number of amides is 2. The van der Waals surface area contributed by atoms with Crippen molar-refractivity contribution in [1.82, 2.24) is 24.9 Å². The number of anilines is 1. The van der Waals surface area contributed by atoms with E-state index in [1.165, 1.54) is 16.7 Å². The number of nitrogens with zero attached hydrogens (tertiary/aromatic N) is 4. The Morgan fingerprint density at radius 2 is 1.54 bits per heavy atom. The number of methoxy groups -OCH3 is 1. The lowest BCUT2D eigenvalue weighted by atomic mass is 10.0. The topological polar surface area (TPSA) is 195 Å². The van der Waals surface area contributed by atoms with Gasteiger partial charge < -0.3 is 30.2 Å². The number of carbonyl (C=O) groups is 4. The maximum absolute atomic E-state index is 14.1. The van der Waals surface area contributed by atoms with E-state index in [1.54, 1.807) is 44.5 Å². The number of nitrogens with one attached hydrogen (secondary N) is 2. The third kappa shape index (κ3) is 8.21. The molecule has 15 heteroatoms. The summed E-state index contributed by atoms with van der Waals surface area (Å²) in [6.07, 6.45) is 1.60. The van der Waals surface area contributed by atoms with Crippen molar-refractivity contribution in [3.05, 3.63) is 146 Å². The van der Waals surface area contributed by atoms with Gasteiger partial charge in [-0.2, -0.15) is 0 Å². The standard InChI is InChI=1S/C39H33BrN6O8/c1-22-30(40)21-45(20-24-10-15-29(54-2)16-11-24)37(49)33(22)42-36(48)31(41-32(47)19-25-7-12-26-5-3-4-6-27(26)17-25)18-23-8-13-28(14-9-23)46-35(39(52)53)34(38(50)51)43-44-46/h3-17,21,31H,18-20H2,1-2H3,(H,41,47)(H,42,48)(H,50,51)(H,52,53)/t31-/m0/s1. The Morgan fingerprint density at radius 3 is 2.20 bits per heavy atom. The van der Waals surface area contributed by atoms with Crippen LogP contribution in [0.5, 0.6) is 5.75 Å². The van der Waals surface area contributed by atoms with Gasteiger partial charge >= 0.3 is 11.9 Å². The summed E-state index contributed by atoms with van der Waals surface area (Å²) in [6.45, 7) is 1.91. The molecule has 0 radical (unpaired) electrons. The van der Waals surface area contributed by atoms with E-state index in [1.807, 2.05) is 54.6 Å². The van der Waals surface area contributed by atoms with Crippen molar-refractivity contribution in [3.63, 3.8) is 0 Å². The first-order valence-corrected chi connectivity index (χ1v) is 17.3. The molecule has 4 aromatic carbocycles. The Morgan fingerprint density at radius 1 is 0.870 bits per heavy atom. The number of carbonyl (C=O) groups excluding carboxylic acids is 2. The zero-order valence-electron chi connectivity index (χ0n) is 28.9. The number of carboxylic acids is 2. The molecule has 2 amide bonds. The predicted molar refractivity (Wildman–Crippen MR) is 202 cm³/mol. The third-order valence-corrected chi connectivity index (χ3v) is 9.56. The maximum Gasteiger partial charge on any atom is 0.359 e. The minimum absolute atomic E-state index is 0.0195. The fourth-order valence-electron chi connectivity index (χ4n) is 5.91. The molecule has 0 fully saturated rings. The molecule has 0 aliphatic heterocycles. The normalized spacial score (nSPS) is 11.5. The molecular formula is C39H33BrN6O8. The van der Waals surface area contributed by atoms with Crippen LogP contribution in [0.15, 0.2) is 106 Å². The highest BCUT2D eigenvalue weighted by atomic mass is 79.9. The largest absolute Gasteiger partial charge is 0.497 e. The molecule has 0 aliphatic carbocycles. The van der Waals surface area contributed by atoms with Crippen LogP contribution in [0.3, 0.4) is 0 Å². The van der Waals surface area contributed by atoms with Crippen molar-refractivity contribution in [2.45, 2.75) is 32.4 Å². The van der Waals surface area contributed by atoms with Crippen LogP contribution in [0.4, 0.5) is 5.69 Å². The lowest BCUT2D eigenvalue weighted by Crippen LogP contribution is -2.46. The molecule has 0 unspecified atom stereocenters. The van der Waals surface area contributed by atoms with E-state index in [-0.39, 0.29) is 30.8 Å². The van der Waals surface area contributed by atoms with Gasteiger partial charge in [-0.3, -0.25) is 14.4 Å². The van der Waals surface area contributed by atoms with Gasteiger partial charge in [0.25, 0.3) is 5.56 Å². The summed E-state index contributed by atoms with van der Waals surface area (Å²) >= 11 is 3.51. The first-order valence-electron chi connectivity index (χ1n) is 16.5. The fourth-order valence-corrected chi connectivity index (χ4v) is 6.36. The monoisotopic (exact) mass is 792 g/mol. The molecule has 0 saturated carbocycles. The molecule has 54 heavy (non-hydrogen) atoms. The van der Waals surface area contributed by atoms with Gasteiger partial charge in [0.15, 0.2) is 5.69 Å². The van der Waals surface area contributed by atoms with E-state index in [0.29, 0.717) is 21.3 Å².